The lowest BCUT2D eigenvalue weighted by Gasteiger charge is -2.21. The molecule has 0 aromatic carbocycles. The van der Waals surface area contributed by atoms with Gasteiger partial charge in [0.05, 0.1) is 5.41 Å². The lowest BCUT2D eigenvalue weighted by molar-refractivity contribution is -0.471. The van der Waals surface area contributed by atoms with E-state index in [1.165, 1.54) is 53.8 Å². The minimum absolute atomic E-state index is 0.0202. The molecule has 0 spiro atoms. The third kappa shape index (κ3) is 4.26. The van der Waals surface area contributed by atoms with Crippen LogP contribution in [0.25, 0.3) is 0 Å². The molecule has 0 atom stereocenters. The number of hydrogen-bond donors (Lipinski definition) is 0. The summed E-state index contributed by atoms with van der Waals surface area (Å²) in [4.78, 5) is 0. The summed E-state index contributed by atoms with van der Waals surface area (Å²) in [6.07, 6.45) is 13.2. The number of nitrogens with zero attached hydrogens (tertiary/aromatic N) is 1. The summed E-state index contributed by atoms with van der Waals surface area (Å²) in [6, 6.07) is 0. The Morgan fingerprint density at radius 3 is 2.29 bits per heavy atom. The molecule has 0 unspecified atom stereocenters. The predicted molar refractivity (Wildman–Crippen MR) is 109 cm³/mol. The smallest absolute Gasteiger partial charge is 0.199 e. The second kappa shape index (κ2) is 9.01. The van der Waals surface area contributed by atoms with Crippen LogP contribution in [0.5, 0.6) is 0 Å². The number of unbranched alkanes of at least 4 members (excludes halogenated alkanes) is 3. The van der Waals surface area contributed by atoms with Crippen LogP contribution in [-0.2, 0) is 0 Å². The monoisotopic (exact) mass is 326 g/mol. The van der Waals surface area contributed by atoms with Gasteiger partial charge in [-0.1, -0.05) is 56.7 Å². The van der Waals surface area contributed by atoms with E-state index in [0.29, 0.717) is 0 Å². The number of allylic oxidation sites excluding steroid dienone is 7. The average Bonchev–Trinajstić information content (AvgIpc) is 2.72. The molecule has 0 radical (unpaired) electrons. The van der Waals surface area contributed by atoms with E-state index in [1.54, 1.807) is 0 Å². The normalized spacial score (nSPS) is 16.9. The van der Waals surface area contributed by atoms with Gasteiger partial charge in [-0.05, 0) is 39.7 Å². The highest BCUT2D eigenvalue weighted by Gasteiger charge is 2.45. The third-order valence-corrected chi connectivity index (χ3v) is 5.12. The average molecular weight is 327 g/mol. The van der Waals surface area contributed by atoms with Gasteiger partial charge in [0.15, 0.2) is 5.71 Å². The highest BCUT2D eigenvalue weighted by Crippen LogP contribution is 2.43. The van der Waals surface area contributed by atoms with Crippen molar-refractivity contribution in [3.05, 3.63) is 59.9 Å². The largest absolute Gasteiger partial charge is 0.209 e. The maximum absolute atomic E-state index is 4.13. The summed E-state index contributed by atoms with van der Waals surface area (Å²) in [6.45, 7) is 22.6. The molecule has 0 bridgehead atoms. The Labute approximate surface area is 149 Å². The fourth-order valence-electron chi connectivity index (χ4n) is 3.49. The Kier molecular flexibility index (Phi) is 7.66. The highest BCUT2D eigenvalue weighted by molar-refractivity contribution is 5.90. The van der Waals surface area contributed by atoms with E-state index < -0.39 is 0 Å². The van der Waals surface area contributed by atoms with Crippen LogP contribution in [0.3, 0.4) is 0 Å². The van der Waals surface area contributed by atoms with Gasteiger partial charge in [0.2, 0.25) is 5.70 Å². The van der Waals surface area contributed by atoms with Crippen molar-refractivity contribution in [2.24, 2.45) is 5.41 Å². The van der Waals surface area contributed by atoms with Crippen molar-refractivity contribution in [2.45, 2.75) is 67.2 Å². The first kappa shape index (κ1) is 20.4. The van der Waals surface area contributed by atoms with Crippen LogP contribution in [0.2, 0.25) is 0 Å². The van der Waals surface area contributed by atoms with Crippen molar-refractivity contribution in [2.75, 3.05) is 6.54 Å². The SMILES string of the molecule is C=C/C=C\C(=C(C)C)C1=C(C=C)[N+](CCCCCC)=C(C)C1(C)C. The van der Waals surface area contributed by atoms with Crippen LogP contribution in [0.1, 0.15) is 67.2 Å². The first-order chi connectivity index (χ1) is 11.3. The number of hydrogen-bond acceptors (Lipinski definition) is 0. The van der Waals surface area contributed by atoms with Crippen LogP contribution >= 0.6 is 0 Å². The van der Waals surface area contributed by atoms with Crippen LogP contribution in [0.15, 0.2) is 59.9 Å². The number of rotatable bonds is 9. The molecule has 24 heavy (non-hydrogen) atoms. The topological polar surface area (TPSA) is 3.01 Å². The quantitative estimate of drug-likeness (QED) is 0.255. The Bertz CT molecular complexity index is 602. The minimum atomic E-state index is 0.0202. The summed E-state index contributed by atoms with van der Waals surface area (Å²) in [5.74, 6) is 0. The zero-order valence-corrected chi connectivity index (χ0v) is 16.7. The molecule has 0 saturated carbocycles. The Hall–Kier alpha value is -1.63. The van der Waals surface area contributed by atoms with Crippen LogP contribution < -0.4 is 0 Å². The van der Waals surface area contributed by atoms with Crippen molar-refractivity contribution in [1.82, 2.24) is 0 Å². The summed E-state index contributed by atoms with van der Waals surface area (Å²) in [5, 5.41) is 0. The molecule has 1 nitrogen and oxygen atoms in total. The van der Waals surface area contributed by atoms with E-state index in [9.17, 15) is 0 Å². The zero-order chi connectivity index (χ0) is 18.3. The van der Waals surface area contributed by atoms with Gasteiger partial charge in [-0.2, -0.15) is 4.58 Å². The standard InChI is InChI=1S/C23H36N/c1-9-12-14-15-17-24-19(6)23(7,8)22(21(24)11-3)20(18(4)5)16-13-10-2/h10-11,13,16H,2-3,9,12,14-15,17H2,1,4-8H3/q+1/b16-13-. The third-order valence-electron chi connectivity index (χ3n) is 5.12. The molecule has 0 saturated heterocycles. The van der Waals surface area contributed by atoms with E-state index in [2.05, 4.69) is 65.4 Å². The fourth-order valence-corrected chi connectivity index (χ4v) is 3.49. The molecular weight excluding hydrogens is 290 g/mol. The van der Waals surface area contributed by atoms with Crippen molar-refractivity contribution in [3.63, 3.8) is 0 Å². The molecular formula is C23H36N+. The molecule has 0 aromatic rings. The van der Waals surface area contributed by atoms with E-state index in [-0.39, 0.29) is 5.41 Å². The summed E-state index contributed by atoms with van der Waals surface area (Å²) in [7, 11) is 0. The van der Waals surface area contributed by atoms with E-state index in [4.69, 9.17) is 0 Å². The molecule has 1 heterocycles. The first-order valence-corrected chi connectivity index (χ1v) is 9.28. The Morgan fingerprint density at radius 2 is 1.79 bits per heavy atom. The minimum Gasteiger partial charge on any atom is -0.199 e. The van der Waals surface area contributed by atoms with Crippen LogP contribution in [-0.4, -0.2) is 16.8 Å². The Morgan fingerprint density at radius 1 is 1.12 bits per heavy atom. The van der Waals surface area contributed by atoms with Gasteiger partial charge in [0.25, 0.3) is 0 Å². The van der Waals surface area contributed by atoms with Gasteiger partial charge >= 0.3 is 0 Å². The molecule has 1 rings (SSSR count). The summed E-state index contributed by atoms with van der Waals surface area (Å²) < 4.78 is 2.49. The van der Waals surface area contributed by atoms with Crippen LogP contribution in [0, 0.1) is 5.41 Å². The molecule has 0 amide bonds. The fraction of sp³-hybridized carbons (Fsp3) is 0.522. The lowest BCUT2D eigenvalue weighted by Crippen LogP contribution is -2.26. The maximum atomic E-state index is 4.13. The molecule has 0 aliphatic carbocycles. The van der Waals surface area contributed by atoms with Gasteiger partial charge in [0, 0.05) is 25.0 Å². The molecule has 0 aromatic heterocycles. The van der Waals surface area contributed by atoms with Gasteiger partial charge in [-0.15, -0.1) is 0 Å². The summed E-state index contributed by atoms with van der Waals surface area (Å²) in [5.41, 5.74) is 6.75. The van der Waals surface area contributed by atoms with Crippen LogP contribution in [0.4, 0.5) is 0 Å². The summed E-state index contributed by atoms with van der Waals surface area (Å²) >= 11 is 0. The predicted octanol–water partition coefficient (Wildman–Crippen LogP) is 6.60. The molecule has 0 N–H and O–H groups in total. The highest BCUT2D eigenvalue weighted by atomic mass is 15.1. The zero-order valence-electron chi connectivity index (χ0n) is 16.7. The van der Waals surface area contributed by atoms with Gasteiger partial charge in [-0.3, -0.25) is 0 Å². The first-order valence-electron chi connectivity index (χ1n) is 9.28. The molecule has 0 fully saturated rings. The van der Waals surface area contributed by atoms with Crippen molar-refractivity contribution < 1.29 is 4.58 Å². The van der Waals surface area contributed by atoms with Crippen molar-refractivity contribution in [1.29, 1.82) is 0 Å². The maximum Gasteiger partial charge on any atom is 0.209 e. The molecule has 1 aliphatic heterocycles. The van der Waals surface area contributed by atoms with Crippen molar-refractivity contribution >= 4 is 5.71 Å². The Balaban J connectivity index is 3.36. The second-order valence-corrected chi connectivity index (χ2v) is 7.40. The molecule has 132 valence electrons. The van der Waals surface area contributed by atoms with E-state index in [0.717, 1.165) is 6.54 Å². The van der Waals surface area contributed by atoms with E-state index in [1.807, 2.05) is 18.2 Å². The van der Waals surface area contributed by atoms with Gasteiger partial charge in [-0.25, -0.2) is 0 Å². The van der Waals surface area contributed by atoms with Gasteiger partial charge < -0.3 is 0 Å². The second-order valence-electron chi connectivity index (χ2n) is 7.40. The molecule has 1 heteroatoms. The lowest BCUT2D eigenvalue weighted by atomic mass is 9.76. The van der Waals surface area contributed by atoms with Crippen molar-refractivity contribution in [3.8, 4) is 0 Å². The van der Waals surface area contributed by atoms with E-state index >= 15 is 0 Å². The van der Waals surface area contributed by atoms with Gasteiger partial charge in [0.1, 0.15) is 6.54 Å². The molecule has 1 aliphatic rings.